The van der Waals surface area contributed by atoms with E-state index >= 15 is 0 Å². The van der Waals surface area contributed by atoms with Crippen molar-refractivity contribution in [2.75, 3.05) is 26.0 Å². The van der Waals surface area contributed by atoms with Gasteiger partial charge in [0, 0.05) is 22.5 Å². The Labute approximate surface area is 137 Å². The molecule has 4 nitrogen and oxygen atoms in total. The number of carbonyl (C=O) groups is 2. The second-order valence-corrected chi connectivity index (χ2v) is 7.11. The van der Waals surface area contributed by atoms with Crippen molar-refractivity contribution in [1.29, 1.82) is 0 Å². The first-order valence-electron chi connectivity index (χ1n) is 6.75. The van der Waals surface area contributed by atoms with Crippen molar-refractivity contribution in [3.63, 3.8) is 0 Å². The molecule has 21 heavy (non-hydrogen) atoms. The number of amides is 1. The van der Waals surface area contributed by atoms with Gasteiger partial charge in [0.25, 0.3) is 0 Å². The molecule has 0 aliphatic carbocycles. The highest BCUT2D eigenvalue weighted by Gasteiger charge is 2.37. The van der Waals surface area contributed by atoms with Crippen LogP contribution in [0.25, 0.3) is 0 Å². The van der Waals surface area contributed by atoms with Crippen LogP contribution in [0.3, 0.4) is 0 Å². The molecular formula is C15H18BrNO3S. The van der Waals surface area contributed by atoms with Crippen LogP contribution in [0.2, 0.25) is 0 Å². The van der Waals surface area contributed by atoms with Gasteiger partial charge in [0.05, 0.1) is 18.8 Å². The largest absolute Gasteiger partial charge is 0.469 e. The molecule has 1 aromatic carbocycles. The van der Waals surface area contributed by atoms with E-state index in [1.165, 1.54) is 18.9 Å². The van der Waals surface area contributed by atoms with E-state index < -0.39 is 0 Å². The average Bonchev–Trinajstić information content (AvgIpc) is 2.87. The van der Waals surface area contributed by atoms with Gasteiger partial charge in [0.1, 0.15) is 0 Å². The zero-order valence-corrected chi connectivity index (χ0v) is 14.4. The van der Waals surface area contributed by atoms with Gasteiger partial charge in [-0.2, -0.15) is 0 Å². The minimum atomic E-state index is -0.224. The lowest BCUT2D eigenvalue weighted by Crippen LogP contribution is -2.31. The molecule has 114 valence electrons. The summed E-state index contributed by atoms with van der Waals surface area (Å²) in [6.07, 6.45) is 0. The second kappa shape index (κ2) is 7.31. The lowest BCUT2D eigenvalue weighted by atomic mass is 9.99. The first kappa shape index (κ1) is 16.4. The number of ether oxygens (including phenoxy) is 1. The Bertz CT molecular complexity index is 520. The number of benzene rings is 1. The van der Waals surface area contributed by atoms with Crippen LogP contribution in [0, 0.1) is 11.8 Å². The van der Waals surface area contributed by atoms with Crippen LogP contribution >= 0.6 is 27.7 Å². The lowest BCUT2D eigenvalue weighted by Gasteiger charge is -2.15. The van der Waals surface area contributed by atoms with Gasteiger partial charge in [0.2, 0.25) is 5.91 Å². The van der Waals surface area contributed by atoms with Gasteiger partial charge in [-0.05, 0) is 30.2 Å². The van der Waals surface area contributed by atoms with Crippen LogP contribution in [-0.4, -0.2) is 42.7 Å². The summed E-state index contributed by atoms with van der Waals surface area (Å²) < 4.78 is 5.81. The molecule has 0 radical (unpaired) electrons. The van der Waals surface area contributed by atoms with E-state index in [9.17, 15) is 9.59 Å². The summed E-state index contributed by atoms with van der Waals surface area (Å²) in [5.41, 5.74) is 0. The predicted octanol–water partition coefficient (Wildman–Crippen LogP) is 2.81. The second-order valence-electron chi connectivity index (χ2n) is 5.15. The van der Waals surface area contributed by atoms with Gasteiger partial charge in [-0.3, -0.25) is 9.59 Å². The minimum absolute atomic E-state index is 0.0705. The number of halogens is 1. The van der Waals surface area contributed by atoms with Crippen LogP contribution in [0.15, 0.2) is 33.6 Å². The molecule has 1 heterocycles. The summed E-state index contributed by atoms with van der Waals surface area (Å²) in [4.78, 5) is 26.7. The van der Waals surface area contributed by atoms with Crippen molar-refractivity contribution in [1.82, 2.24) is 4.90 Å². The van der Waals surface area contributed by atoms with E-state index in [1.807, 2.05) is 31.2 Å². The molecule has 0 bridgehead atoms. The van der Waals surface area contributed by atoms with E-state index in [0.29, 0.717) is 18.8 Å². The Morgan fingerprint density at radius 1 is 1.33 bits per heavy atom. The van der Waals surface area contributed by atoms with E-state index in [1.54, 1.807) is 4.90 Å². The smallest absolute Gasteiger partial charge is 0.310 e. The Balaban J connectivity index is 1.87. The number of esters is 1. The van der Waals surface area contributed by atoms with Crippen molar-refractivity contribution in [2.24, 2.45) is 11.8 Å². The molecule has 0 spiro atoms. The SMILES string of the molecule is COC(=O)C1CN(C(=O)CSc2ccc(Br)cc2)CC1C. The van der Waals surface area contributed by atoms with Crippen LogP contribution in [0.1, 0.15) is 6.92 Å². The summed E-state index contributed by atoms with van der Waals surface area (Å²) in [5.74, 6) is 0.192. The van der Waals surface area contributed by atoms with E-state index in [2.05, 4.69) is 15.9 Å². The number of hydrogen-bond donors (Lipinski definition) is 0. The molecule has 1 aromatic rings. The van der Waals surface area contributed by atoms with Gasteiger partial charge in [0.15, 0.2) is 0 Å². The van der Waals surface area contributed by atoms with Crippen LogP contribution in [0.4, 0.5) is 0 Å². The molecule has 0 aromatic heterocycles. The fourth-order valence-corrected chi connectivity index (χ4v) is 3.46. The monoisotopic (exact) mass is 371 g/mol. The number of likely N-dealkylation sites (tertiary alicyclic amines) is 1. The molecule has 1 saturated heterocycles. The maximum absolute atomic E-state index is 12.2. The van der Waals surface area contributed by atoms with Crippen molar-refractivity contribution >= 4 is 39.6 Å². The first-order valence-corrected chi connectivity index (χ1v) is 8.53. The zero-order chi connectivity index (χ0) is 15.4. The van der Waals surface area contributed by atoms with Gasteiger partial charge in [-0.15, -0.1) is 11.8 Å². The highest BCUT2D eigenvalue weighted by Crippen LogP contribution is 2.26. The summed E-state index contributed by atoms with van der Waals surface area (Å²) in [6.45, 7) is 3.07. The van der Waals surface area contributed by atoms with Crippen LogP contribution in [0.5, 0.6) is 0 Å². The molecule has 1 amide bonds. The molecule has 6 heteroatoms. The Morgan fingerprint density at radius 2 is 2.00 bits per heavy atom. The molecule has 0 saturated carbocycles. The molecule has 2 unspecified atom stereocenters. The number of methoxy groups -OCH3 is 1. The van der Waals surface area contributed by atoms with Gasteiger partial charge in [-0.1, -0.05) is 22.9 Å². The molecule has 2 rings (SSSR count). The summed E-state index contributed by atoms with van der Waals surface area (Å²) in [5, 5.41) is 0. The van der Waals surface area contributed by atoms with Gasteiger partial charge < -0.3 is 9.64 Å². The molecule has 1 aliphatic rings. The summed E-state index contributed by atoms with van der Waals surface area (Å²) >= 11 is 4.90. The minimum Gasteiger partial charge on any atom is -0.469 e. The van der Waals surface area contributed by atoms with Crippen LogP contribution < -0.4 is 0 Å². The van der Waals surface area contributed by atoms with Crippen molar-refractivity contribution in [3.05, 3.63) is 28.7 Å². The molecule has 0 N–H and O–H groups in total. The molecule has 1 aliphatic heterocycles. The van der Waals surface area contributed by atoms with Crippen LogP contribution in [-0.2, 0) is 14.3 Å². The Morgan fingerprint density at radius 3 is 2.62 bits per heavy atom. The zero-order valence-electron chi connectivity index (χ0n) is 12.0. The molecule has 2 atom stereocenters. The highest BCUT2D eigenvalue weighted by molar-refractivity contribution is 9.10. The van der Waals surface area contributed by atoms with Crippen molar-refractivity contribution in [2.45, 2.75) is 11.8 Å². The number of nitrogens with zero attached hydrogens (tertiary/aromatic N) is 1. The molecular weight excluding hydrogens is 354 g/mol. The standard InChI is InChI=1S/C15H18BrNO3S/c1-10-7-17(8-13(10)15(19)20-2)14(18)9-21-12-5-3-11(16)4-6-12/h3-6,10,13H,7-9H2,1-2H3. The average molecular weight is 372 g/mol. The van der Waals surface area contributed by atoms with E-state index in [-0.39, 0.29) is 23.7 Å². The maximum atomic E-state index is 12.2. The fourth-order valence-electron chi connectivity index (χ4n) is 2.40. The third-order valence-electron chi connectivity index (χ3n) is 3.64. The Kier molecular flexibility index (Phi) is 5.70. The Hall–Kier alpha value is -1.01. The van der Waals surface area contributed by atoms with E-state index in [0.717, 1.165) is 9.37 Å². The number of thioether (sulfide) groups is 1. The summed E-state index contributed by atoms with van der Waals surface area (Å²) in [6, 6.07) is 7.87. The summed E-state index contributed by atoms with van der Waals surface area (Å²) in [7, 11) is 1.39. The number of rotatable bonds is 4. The normalized spacial score (nSPS) is 21.4. The van der Waals surface area contributed by atoms with E-state index in [4.69, 9.17) is 4.74 Å². The maximum Gasteiger partial charge on any atom is 0.310 e. The third kappa shape index (κ3) is 4.23. The van der Waals surface area contributed by atoms with Gasteiger partial charge in [-0.25, -0.2) is 0 Å². The molecule has 1 fully saturated rings. The topological polar surface area (TPSA) is 46.6 Å². The fraction of sp³-hybridized carbons (Fsp3) is 0.467. The quantitative estimate of drug-likeness (QED) is 0.602. The number of hydrogen-bond acceptors (Lipinski definition) is 4. The third-order valence-corrected chi connectivity index (χ3v) is 5.17. The van der Waals surface area contributed by atoms with Crippen molar-refractivity contribution < 1.29 is 14.3 Å². The highest BCUT2D eigenvalue weighted by atomic mass is 79.9. The first-order chi connectivity index (χ1) is 10.0. The number of carbonyl (C=O) groups excluding carboxylic acids is 2. The predicted molar refractivity (Wildman–Crippen MR) is 86.1 cm³/mol. The lowest BCUT2D eigenvalue weighted by molar-refractivity contribution is -0.146. The van der Waals surface area contributed by atoms with Crippen molar-refractivity contribution in [3.8, 4) is 0 Å². The van der Waals surface area contributed by atoms with Gasteiger partial charge >= 0.3 is 5.97 Å².